The Kier molecular flexibility index (Phi) is 7.31. The van der Waals surface area contributed by atoms with Crippen molar-refractivity contribution in [2.45, 2.75) is 31.2 Å². The van der Waals surface area contributed by atoms with Crippen molar-refractivity contribution in [1.82, 2.24) is 19.7 Å². The zero-order valence-corrected chi connectivity index (χ0v) is 27.5. The maximum absolute atomic E-state index is 15.4. The molecule has 1 amide bonds. The average Bonchev–Trinajstić information content (AvgIpc) is 3.90. The number of nitriles is 1. The van der Waals surface area contributed by atoms with Crippen LogP contribution in [0.4, 0.5) is 5.69 Å². The highest BCUT2D eigenvalue weighted by Gasteiger charge is 2.72. The normalized spacial score (nSPS) is 21.8. The molecule has 4 heterocycles. The molecular weight excluding hydrogens is 608 g/mol. The molecule has 4 aromatic carbocycles. The Morgan fingerprint density at radius 2 is 1.65 bits per heavy atom. The third kappa shape index (κ3) is 4.36. The minimum atomic E-state index is -1.66. The van der Waals surface area contributed by atoms with Crippen LogP contribution in [0, 0.1) is 16.7 Å². The Labute approximate surface area is 285 Å². The Morgan fingerprint density at radius 3 is 2.41 bits per heavy atom. The van der Waals surface area contributed by atoms with Crippen LogP contribution in [0.1, 0.15) is 47.2 Å². The Balaban J connectivity index is 1.45. The molecule has 1 fully saturated rings. The lowest BCUT2D eigenvalue weighted by Gasteiger charge is -2.38. The number of ketones is 1. The first-order valence-corrected chi connectivity index (χ1v) is 16.8. The maximum atomic E-state index is 15.4. The lowest BCUT2D eigenvalue weighted by atomic mass is 9.62. The summed E-state index contributed by atoms with van der Waals surface area (Å²) in [5.41, 5.74) is 2.85. The van der Waals surface area contributed by atoms with E-state index < -0.39 is 16.9 Å². The number of carbonyl (C=O) groups is 2. The number of anilines is 1. The van der Waals surface area contributed by atoms with Gasteiger partial charge in [0.05, 0.1) is 17.5 Å². The minimum Gasteiger partial charge on any atom is -0.360 e. The Morgan fingerprint density at radius 1 is 0.959 bits per heavy atom. The smallest absolute Gasteiger partial charge is 0.252 e. The number of likely N-dealkylation sites (tertiary alicyclic amines) is 1. The largest absolute Gasteiger partial charge is 0.360 e. The first-order chi connectivity index (χ1) is 24.0. The Hall–Kier alpha value is -5.78. The topological polar surface area (TPSA) is 98.0 Å². The molecule has 6 aromatic rings. The number of carbonyl (C=O) groups excluding carboxylic acids is 2. The third-order valence-electron chi connectivity index (χ3n) is 10.5. The van der Waals surface area contributed by atoms with Crippen LogP contribution in [0.2, 0.25) is 0 Å². The average molecular weight is 645 g/mol. The zero-order valence-electron chi connectivity index (χ0n) is 27.5. The van der Waals surface area contributed by atoms with E-state index in [2.05, 4.69) is 18.0 Å². The van der Waals surface area contributed by atoms with E-state index in [0.717, 1.165) is 46.2 Å². The van der Waals surface area contributed by atoms with Gasteiger partial charge in [-0.25, -0.2) is 4.68 Å². The number of likely N-dealkylation sites (N-methyl/N-ethyl adjacent to an activating group) is 1. The predicted molar refractivity (Wildman–Crippen MR) is 190 cm³/mol. The number of nitrogens with zero attached hydrogens (tertiary/aromatic N) is 5. The summed E-state index contributed by atoms with van der Waals surface area (Å²) in [5.74, 6) is -1.35. The van der Waals surface area contributed by atoms with Crippen molar-refractivity contribution in [3.8, 4) is 23.0 Å². The van der Waals surface area contributed by atoms with E-state index >= 15 is 9.59 Å². The summed E-state index contributed by atoms with van der Waals surface area (Å²) in [7, 11) is 1.89. The van der Waals surface area contributed by atoms with Gasteiger partial charge in [0.15, 0.2) is 5.78 Å². The SMILES string of the molecule is CCCCN1C(=O)[C@]2(c3ccccc31)[C@H](c1cn(-c3ccccc3)nc1-c1ccccc1)[C@@](C#N)(C(=O)c1c[nH]c3ccccc13)CN2C. The van der Waals surface area contributed by atoms with Crippen LogP contribution in [0.3, 0.4) is 0 Å². The summed E-state index contributed by atoms with van der Waals surface area (Å²) in [6.45, 7) is 2.70. The van der Waals surface area contributed by atoms with Crippen LogP contribution in [0.25, 0.3) is 27.8 Å². The molecule has 1 saturated heterocycles. The molecule has 0 unspecified atom stereocenters. The molecule has 0 aliphatic carbocycles. The number of rotatable bonds is 8. The van der Waals surface area contributed by atoms with Crippen molar-refractivity contribution in [3.63, 3.8) is 0 Å². The van der Waals surface area contributed by atoms with Gasteiger partial charge in [-0.3, -0.25) is 14.5 Å². The number of hydrogen-bond donors (Lipinski definition) is 1. The molecule has 1 spiro atoms. The number of benzene rings is 4. The fourth-order valence-electron chi connectivity index (χ4n) is 8.29. The number of aromatic amines is 1. The number of nitrogens with one attached hydrogen (secondary N) is 1. The quantitative estimate of drug-likeness (QED) is 0.173. The van der Waals surface area contributed by atoms with Crippen LogP contribution in [0.5, 0.6) is 0 Å². The summed E-state index contributed by atoms with van der Waals surface area (Å²) < 4.78 is 1.81. The lowest BCUT2D eigenvalue weighted by Crippen LogP contribution is -2.52. The van der Waals surface area contributed by atoms with Crippen molar-refractivity contribution < 1.29 is 9.59 Å². The van der Waals surface area contributed by atoms with E-state index in [1.807, 2.05) is 137 Å². The molecule has 0 bridgehead atoms. The fraction of sp³-hybridized carbons (Fsp3) is 0.220. The van der Waals surface area contributed by atoms with E-state index in [1.165, 1.54) is 0 Å². The third-order valence-corrected chi connectivity index (χ3v) is 10.5. The van der Waals surface area contributed by atoms with Gasteiger partial charge in [0.1, 0.15) is 11.0 Å². The molecule has 242 valence electrons. The van der Waals surface area contributed by atoms with Gasteiger partial charge in [-0.2, -0.15) is 10.4 Å². The number of amides is 1. The molecular formula is C41H36N6O2. The van der Waals surface area contributed by atoms with Crippen LogP contribution in [0.15, 0.2) is 122 Å². The molecule has 2 aliphatic heterocycles. The summed E-state index contributed by atoms with van der Waals surface area (Å²) >= 11 is 0. The number of hydrogen-bond acceptors (Lipinski definition) is 5. The van der Waals surface area contributed by atoms with E-state index in [-0.39, 0.29) is 18.2 Å². The molecule has 2 aliphatic rings. The van der Waals surface area contributed by atoms with Crippen LogP contribution >= 0.6 is 0 Å². The van der Waals surface area contributed by atoms with Gasteiger partial charge in [0.2, 0.25) is 0 Å². The van der Waals surface area contributed by atoms with Crippen molar-refractivity contribution in [2.24, 2.45) is 5.41 Å². The summed E-state index contributed by atoms with van der Waals surface area (Å²) in [6, 6.07) is 37.7. The number of para-hydroxylation sites is 3. The molecule has 8 heteroatoms. The number of Topliss-reactive ketones (excluding diaryl/α,β-unsaturated/α-hetero) is 1. The van der Waals surface area contributed by atoms with Crippen molar-refractivity contribution in [2.75, 3.05) is 25.0 Å². The first kappa shape index (κ1) is 30.5. The lowest BCUT2D eigenvalue weighted by molar-refractivity contribution is -0.128. The highest BCUT2D eigenvalue weighted by atomic mass is 16.2. The van der Waals surface area contributed by atoms with E-state index in [1.54, 1.807) is 6.20 Å². The van der Waals surface area contributed by atoms with Gasteiger partial charge in [0.25, 0.3) is 5.91 Å². The molecule has 1 N–H and O–H groups in total. The van der Waals surface area contributed by atoms with Gasteiger partial charge in [-0.05, 0) is 37.7 Å². The summed E-state index contributed by atoms with van der Waals surface area (Å²) in [5, 5.41) is 17.4. The molecule has 49 heavy (non-hydrogen) atoms. The monoisotopic (exact) mass is 644 g/mol. The second-order valence-electron chi connectivity index (χ2n) is 13.1. The van der Waals surface area contributed by atoms with Gasteiger partial charge < -0.3 is 9.88 Å². The fourth-order valence-corrected chi connectivity index (χ4v) is 8.29. The highest BCUT2D eigenvalue weighted by molar-refractivity contribution is 6.15. The minimum absolute atomic E-state index is 0.0545. The molecule has 0 radical (unpaired) electrons. The van der Waals surface area contributed by atoms with Crippen molar-refractivity contribution >= 4 is 28.3 Å². The van der Waals surface area contributed by atoms with Gasteiger partial charge in [-0.15, -0.1) is 0 Å². The zero-order chi connectivity index (χ0) is 33.8. The number of aromatic nitrogens is 3. The molecule has 8 rings (SSSR count). The first-order valence-electron chi connectivity index (χ1n) is 16.8. The number of fused-ring (bicyclic) bond motifs is 3. The molecule has 2 aromatic heterocycles. The molecule has 0 saturated carbocycles. The van der Waals surface area contributed by atoms with E-state index in [4.69, 9.17) is 5.10 Å². The second kappa shape index (κ2) is 11.7. The van der Waals surface area contributed by atoms with Crippen LogP contribution in [-0.4, -0.2) is 51.5 Å². The van der Waals surface area contributed by atoms with Crippen molar-refractivity contribution in [3.05, 3.63) is 138 Å². The molecule has 8 nitrogen and oxygen atoms in total. The number of H-pyrrole nitrogens is 1. The molecule has 3 atom stereocenters. The predicted octanol–water partition coefficient (Wildman–Crippen LogP) is 7.48. The van der Waals surface area contributed by atoms with E-state index in [9.17, 15) is 5.26 Å². The van der Waals surface area contributed by atoms with E-state index in [0.29, 0.717) is 23.4 Å². The van der Waals surface area contributed by atoms with Crippen LogP contribution < -0.4 is 4.90 Å². The van der Waals surface area contributed by atoms with Gasteiger partial charge in [-0.1, -0.05) is 98.3 Å². The number of unbranched alkanes of at least 4 members (excludes halogenated alkanes) is 1. The summed E-state index contributed by atoms with van der Waals surface area (Å²) in [4.78, 5) is 37.8. The van der Waals surface area contributed by atoms with Gasteiger partial charge >= 0.3 is 0 Å². The maximum Gasteiger partial charge on any atom is 0.252 e. The van der Waals surface area contributed by atoms with Crippen molar-refractivity contribution in [1.29, 1.82) is 5.26 Å². The van der Waals surface area contributed by atoms with Crippen LogP contribution in [-0.2, 0) is 10.3 Å². The Bertz CT molecular complexity index is 2250. The highest BCUT2D eigenvalue weighted by Crippen LogP contribution is 2.64. The standard InChI is InChI=1S/C41H36N6O2/c1-3-4-23-46-35-22-14-12-20-33(35)41(39(46)49)37(32-25-47(29-17-9-6-10-18-29)44-36(32)28-15-7-5-8-16-28)40(26-42,27-45(41)2)38(48)31-24-43-34-21-13-11-19-30(31)34/h5-22,24-25,37,43H,3-4,23,27H2,1-2H3/t37-,40+,41+/m1/s1. The summed E-state index contributed by atoms with van der Waals surface area (Å²) in [6.07, 6.45) is 5.38. The second-order valence-corrected chi connectivity index (χ2v) is 13.1. The van der Waals surface area contributed by atoms with Gasteiger partial charge in [0, 0.05) is 70.2 Å².